The first-order valence-corrected chi connectivity index (χ1v) is 42.7. The van der Waals surface area contributed by atoms with E-state index < -0.39 is 192 Å². The molecule has 4 unspecified atom stereocenters. The molecule has 36 heteroatoms. The van der Waals surface area contributed by atoms with Crippen LogP contribution in [0.15, 0.2) is 24.3 Å². The number of fused-ring (bicyclic) bond motifs is 42. The fourth-order valence-corrected chi connectivity index (χ4v) is 17.5. The highest BCUT2D eigenvalue weighted by Crippen LogP contribution is 2.34. The highest BCUT2D eigenvalue weighted by atomic mass is 32.2. The SMILES string of the molecule is CCC[C@@H]1NC(=O)[C@H](CC2CNC3NCCCC23)NC(=O)[C@H]([C@@H](C)O)NC(=O)[C@H](CC2CNCN2)NC(=O)[C@H](CC2CCC(O)CC2)NC(=O)[C@H](C(C)(C)C)NC(=O)CCSCc2ccc(cc2)CSC[C@H](C(N)=O)NC(=O)[C@H]([C@@H](C)O)NC(=O)[C@H](CCC)NC(=O)[C@H](CC2CCC(O)CC2)NC(=O)[C@H](CCC(=O)O)NC1=O. The molecule has 22 N–H and O–H groups in total. The quantitative estimate of drug-likeness (QED) is 0.0734. The van der Waals surface area contributed by atoms with Crippen molar-refractivity contribution < 1.29 is 87.9 Å². The van der Waals surface area contributed by atoms with Crippen LogP contribution in [0.25, 0.3) is 0 Å². The molecule has 5 aliphatic heterocycles. The first kappa shape index (κ1) is 92.9. The number of amides is 12. The number of aliphatic carboxylic acids is 1. The second-order valence-electron chi connectivity index (χ2n) is 32.6. The van der Waals surface area contributed by atoms with Crippen molar-refractivity contribution in [3.63, 3.8) is 0 Å². The number of thioether (sulfide) groups is 2. The second kappa shape index (κ2) is 45.9. The lowest BCUT2D eigenvalue weighted by atomic mass is 9.82. The van der Waals surface area contributed by atoms with Crippen LogP contribution in [0.1, 0.15) is 194 Å². The molecule has 5 fully saturated rings. The van der Waals surface area contributed by atoms with Crippen LogP contribution in [0, 0.1) is 29.1 Å². The lowest BCUT2D eigenvalue weighted by molar-refractivity contribution is -0.139. The van der Waals surface area contributed by atoms with E-state index >= 15 is 14.4 Å². The van der Waals surface area contributed by atoms with E-state index in [0.29, 0.717) is 94.8 Å². The van der Waals surface area contributed by atoms with Gasteiger partial charge in [0.2, 0.25) is 70.9 Å². The third kappa shape index (κ3) is 30.1. The molecule has 2 aliphatic carbocycles. The molecule has 8 rings (SSSR count). The van der Waals surface area contributed by atoms with Crippen molar-refractivity contribution in [3.8, 4) is 0 Å². The van der Waals surface area contributed by atoms with Crippen LogP contribution >= 0.6 is 23.5 Å². The summed E-state index contributed by atoms with van der Waals surface area (Å²) in [5, 5.41) is 96.7. The molecule has 34 nitrogen and oxygen atoms in total. The lowest BCUT2D eigenvalue weighted by Gasteiger charge is -2.34. The number of hydrogen-bond donors (Lipinski definition) is 21. The van der Waals surface area contributed by atoms with Gasteiger partial charge in [-0.25, -0.2) is 0 Å². The highest BCUT2D eigenvalue weighted by molar-refractivity contribution is 7.98. The molecule has 5 heterocycles. The fourth-order valence-electron chi connectivity index (χ4n) is 15.6. The monoisotopic (exact) mass is 1630 g/mol. The standard InChI is InChI=1S/C77H126N16O18S2/c1-8-11-52-67(102)85-54(26-27-61(99)100)68(103)86-55(31-43-18-22-49(96)23-19-43)70(105)84-53(12-9-2)69(104)92-63(42(4)95)75(110)90-59(65(78)101)39-113-38-46-16-14-45(15-17-46)37-112-30-28-60(98)91-64(77(5,6)7)76(111)89-56(32-44-20-24-50(97)25-21-44)71(106)87-58(34-48-36-79-40-82-48)73(108)93-62(41(3)94)74(109)88-57(72(107)83-52)33-47-35-81-66-51(47)13-10-29-80-66/h14-17,41-44,47-59,62-64,66,79-82,94-97H,8-13,18-40H2,1-7H3,(H2,78,101)(H,83,107)(H,84,105)(H,85,102)(H,86,103)(H,87,106)(H,88,109)(H,89,111)(H,90,110)(H,91,98)(H,92,104)(H,93,108)(H,99,100)/t41-,42-,43?,44?,47?,48?,49?,50?,51?,52+,53+,54+,55+,56+,57+,58+,59-,62+,63+,64-,66?/m1/s1. The molecule has 1 aromatic rings. The third-order valence-corrected chi connectivity index (χ3v) is 24.4. The summed E-state index contributed by atoms with van der Waals surface area (Å²) < 4.78 is 0. The number of carboxylic acid groups (broad SMARTS) is 1. The molecule has 2 saturated carbocycles. The van der Waals surface area contributed by atoms with Crippen molar-refractivity contribution in [1.82, 2.24) is 79.8 Å². The van der Waals surface area contributed by atoms with E-state index in [9.17, 15) is 73.5 Å². The van der Waals surface area contributed by atoms with Gasteiger partial charge in [-0.05, 0) is 176 Å². The number of carbonyl (C=O) groups excluding carboxylic acids is 12. The van der Waals surface area contributed by atoms with Gasteiger partial charge in [0, 0.05) is 55.1 Å². The molecular formula is C77H126N16O18S2. The largest absolute Gasteiger partial charge is 0.481 e. The fraction of sp³-hybridized carbons (Fsp3) is 0.753. The molecule has 634 valence electrons. The Hall–Kier alpha value is -7.29. The molecule has 113 heavy (non-hydrogen) atoms. The highest BCUT2D eigenvalue weighted by Gasteiger charge is 2.44. The number of aliphatic hydroxyl groups is 4. The lowest BCUT2D eigenvalue weighted by Crippen LogP contribution is -2.63. The van der Waals surface area contributed by atoms with Gasteiger partial charge in [0.15, 0.2) is 0 Å². The van der Waals surface area contributed by atoms with E-state index in [-0.39, 0.29) is 87.0 Å². The van der Waals surface area contributed by atoms with Gasteiger partial charge in [-0.2, -0.15) is 23.5 Å². The molecule has 0 radical (unpaired) electrons. The first-order chi connectivity index (χ1) is 53.7. The van der Waals surface area contributed by atoms with E-state index in [1.807, 2.05) is 24.3 Å². The Bertz CT molecular complexity index is 3350. The zero-order valence-electron chi connectivity index (χ0n) is 66.4. The molecule has 3 saturated heterocycles. The van der Waals surface area contributed by atoms with Crippen LogP contribution in [-0.4, -0.2) is 243 Å². The van der Waals surface area contributed by atoms with Gasteiger partial charge in [-0.3, -0.25) is 62.3 Å². The maximum atomic E-state index is 15.2. The van der Waals surface area contributed by atoms with E-state index in [1.54, 1.807) is 34.6 Å². The predicted octanol–water partition coefficient (Wildman–Crippen LogP) is -1.63. The minimum atomic E-state index is -1.78. The zero-order valence-corrected chi connectivity index (χ0v) is 68.0. The molecule has 17 atom stereocenters. The summed E-state index contributed by atoms with van der Waals surface area (Å²) in [4.78, 5) is 187. The predicted molar refractivity (Wildman–Crippen MR) is 424 cm³/mol. The Balaban J connectivity index is 1.22. The Morgan fingerprint density at radius 2 is 0.956 bits per heavy atom. The number of nitrogens with one attached hydrogen (secondary N) is 15. The third-order valence-electron chi connectivity index (χ3n) is 22.2. The molecule has 0 spiro atoms. The number of carbonyl (C=O) groups is 13. The van der Waals surface area contributed by atoms with E-state index in [0.717, 1.165) is 30.5 Å². The van der Waals surface area contributed by atoms with Gasteiger partial charge in [-0.1, -0.05) is 71.7 Å². The maximum absolute atomic E-state index is 15.2. The minimum absolute atomic E-state index is 0.0119. The number of hydrogen-bond acceptors (Lipinski definition) is 23. The molecular weight excluding hydrogens is 1500 g/mol. The number of benzene rings is 1. The molecule has 2 bridgehead atoms. The van der Waals surface area contributed by atoms with Crippen LogP contribution in [0.2, 0.25) is 0 Å². The van der Waals surface area contributed by atoms with Crippen molar-refractivity contribution in [3.05, 3.63) is 35.4 Å². The average Bonchev–Trinajstić information content (AvgIpc) is 1.81. The van der Waals surface area contributed by atoms with Crippen LogP contribution in [-0.2, 0) is 73.8 Å². The van der Waals surface area contributed by atoms with Gasteiger partial charge in [0.1, 0.15) is 66.5 Å². The van der Waals surface area contributed by atoms with Crippen molar-refractivity contribution in [1.29, 1.82) is 0 Å². The van der Waals surface area contributed by atoms with Crippen molar-refractivity contribution >= 4 is 100 Å². The van der Waals surface area contributed by atoms with E-state index in [4.69, 9.17) is 5.73 Å². The molecule has 1 aromatic carbocycles. The van der Waals surface area contributed by atoms with Crippen molar-refractivity contribution in [2.45, 2.75) is 298 Å². The zero-order chi connectivity index (χ0) is 82.6. The Morgan fingerprint density at radius 3 is 1.43 bits per heavy atom. The average molecular weight is 1630 g/mol. The summed E-state index contributed by atoms with van der Waals surface area (Å²) in [6, 6.07) is -8.83. The van der Waals surface area contributed by atoms with Crippen molar-refractivity contribution in [2.75, 3.05) is 37.8 Å². The van der Waals surface area contributed by atoms with Gasteiger partial charge < -0.3 is 111 Å². The summed E-state index contributed by atoms with van der Waals surface area (Å²) >= 11 is 2.76. The van der Waals surface area contributed by atoms with E-state index in [2.05, 4.69) is 79.8 Å². The maximum Gasteiger partial charge on any atom is 0.303 e. The summed E-state index contributed by atoms with van der Waals surface area (Å²) in [7, 11) is 0. The van der Waals surface area contributed by atoms with Crippen LogP contribution in [0.5, 0.6) is 0 Å². The Morgan fingerprint density at radius 1 is 0.513 bits per heavy atom. The molecule has 12 amide bonds. The second-order valence-corrected chi connectivity index (χ2v) is 34.7. The van der Waals surface area contributed by atoms with Gasteiger partial charge >= 0.3 is 5.97 Å². The number of carboxylic acids is 1. The number of primary amides is 1. The first-order valence-electron chi connectivity index (χ1n) is 40.4. The minimum Gasteiger partial charge on any atom is -0.481 e. The van der Waals surface area contributed by atoms with Gasteiger partial charge in [0.25, 0.3) is 0 Å². The van der Waals surface area contributed by atoms with E-state index in [1.165, 1.54) is 37.4 Å². The summed E-state index contributed by atoms with van der Waals surface area (Å²) in [5.74, 6) is -11.0. The normalized spacial score (nSPS) is 32.5. The summed E-state index contributed by atoms with van der Waals surface area (Å²) in [6.07, 6.45) is -0.0477. The molecule has 0 aromatic heterocycles. The number of rotatable bonds is 18. The van der Waals surface area contributed by atoms with Crippen LogP contribution in [0.4, 0.5) is 0 Å². The van der Waals surface area contributed by atoms with Gasteiger partial charge in [-0.15, -0.1) is 0 Å². The van der Waals surface area contributed by atoms with Crippen LogP contribution < -0.4 is 85.5 Å². The molecule has 7 aliphatic rings. The summed E-state index contributed by atoms with van der Waals surface area (Å²) in [5.41, 5.74) is 6.70. The Labute approximate surface area is 670 Å². The Kier molecular flexibility index (Phi) is 37.7. The number of nitrogens with two attached hydrogens (primary N) is 1. The number of aliphatic hydroxyl groups excluding tert-OH is 4. The smallest absolute Gasteiger partial charge is 0.303 e. The topological polar surface area (TPSA) is 530 Å². The summed E-state index contributed by atoms with van der Waals surface area (Å²) in [6.45, 7) is 13.1. The van der Waals surface area contributed by atoms with Crippen LogP contribution in [0.3, 0.4) is 0 Å². The van der Waals surface area contributed by atoms with Crippen molar-refractivity contribution in [2.24, 2.45) is 34.8 Å². The van der Waals surface area contributed by atoms with Gasteiger partial charge in [0.05, 0.1) is 30.6 Å². The number of piperidine rings is 1.